The van der Waals surface area contributed by atoms with Crippen LogP contribution in [-0.4, -0.2) is 56.8 Å². The molecule has 0 atom stereocenters. The van der Waals surface area contributed by atoms with E-state index in [0.29, 0.717) is 12.8 Å². The fourth-order valence-corrected chi connectivity index (χ4v) is 2.52. The molecule has 0 aliphatic heterocycles. The number of hydrogen-bond acceptors (Lipinski definition) is 5. The van der Waals surface area contributed by atoms with Crippen LogP contribution in [0.15, 0.2) is 0 Å². The van der Waals surface area contributed by atoms with Gasteiger partial charge in [-0.2, -0.15) is 0 Å². The zero-order valence-corrected chi connectivity index (χ0v) is 19.4. The van der Waals surface area contributed by atoms with Gasteiger partial charge in [0.2, 0.25) is 0 Å². The Labute approximate surface area is 183 Å². The Hall–Kier alpha value is -1.18. The molecule has 182 valence electrons. The minimum atomic E-state index is -0.954. The van der Waals surface area contributed by atoms with Gasteiger partial charge < -0.3 is 25.5 Å². The van der Waals surface area contributed by atoms with Gasteiger partial charge in [-0.3, -0.25) is 9.59 Å². The lowest BCUT2D eigenvalue weighted by molar-refractivity contribution is -0.138. The number of aliphatic hydroxyl groups is 3. The normalized spacial score (nSPS) is 10.1. The standard InChI is InChI=1S/2C10H20O2.C3H8O3/c2*1-2-3-4-5-6-7-8-9-10(11)12;4-1-3(6)2-5/h2*2-9H2,1H3,(H,11,12);3-6H,1-2H2. The highest BCUT2D eigenvalue weighted by Gasteiger charge is 1.96. The first-order chi connectivity index (χ1) is 14.3. The van der Waals surface area contributed by atoms with Crippen molar-refractivity contribution in [3.05, 3.63) is 0 Å². The molecule has 0 aliphatic carbocycles. The van der Waals surface area contributed by atoms with Crippen LogP contribution in [0.2, 0.25) is 0 Å². The number of carbonyl (C=O) groups is 2. The number of rotatable bonds is 18. The van der Waals surface area contributed by atoms with E-state index >= 15 is 0 Å². The summed E-state index contributed by atoms with van der Waals surface area (Å²) in [7, 11) is 0. The fourth-order valence-electron chi connectivity index (χ4n) is 2.52. The molecule has 0 fully saturated rings. The molecule has 0 aromatic rings. The maximum absolute atomic E-state index is 10.1. The number of unbranched alkanes of at least 4 members (excludes halogenated alkanes) is 12. The average molecular weight is 437 g/mol. The summed E-state index contributed by atoms with van der Waals surface area (Å²) < 4.78 is 0. The molecule has 0 rings (SSSR count). The summed E-state index contributed by atoms with van der Waals surface area (Å²) in [6.45, 7) is 3.67. The van der Waals surface area contributed by atoms with E-state index < -0.39 is 18.0 Å². The SMILES string of the molecule is CCCCCCCCCC(=O)O.CCCCCCCCCC(=O)O.OCC(O)CO. The van der Waals surface area contributed by atoms with E-state index in [1.165, 1.54) is 64.2 Å². The van der Waals surface area contributed by atoms with E-state index in [9.17, 15) is 9.59 Å². The summed E-state index contributed by atoms with van der Waals surface area (Å²) in [5.41, 5.74) is 0. The summed E-state index contributed by atoms with van der Waals surface area (Å²) in [6.07, 6.45) is 16.3. The van der Waals surface area contributed by atoms with Gasteiger partial charge in [0.05, 0.1) is 13.2 Å². The van der Waals surface area contributed by atoms with Crippen molar-refractivity contribution in [3.63, 3.8) is 0 Å². The number of carboxylic acid groups (broad SMARTS) is 2. The lowest BCUT2D eigenvalue weighted by Gasteiger charge is -1.98. The Morgan fingerprint density at radius 1 is 0.567 bits per heavy atom. The molecule has 5 N–H and O–H groups in total. The van der Waals surface area contributed by atoms with Crippen LogP contribution in [0.25, 0.3) is 0 Å². The minimum absolute atomic E-state index is 0.341. The monoisotopic (exact) mass is 436 g/mol. The molecule has 0 bridgehead atoms. The summed E-state index contributed by atoms with van der Waals surface area (Å²) in [5, 5.41) is 40.7. The van der Waals surface area contributed by atoms with Gasteiger partial charge in [-0.25, -0.2) is 0 Å². The number of hydrogen-bond donors (Lipinski definition) is 5. The van der Waals surface area contributed by atoms with Gasteiger partial charge in [-0.05, 0) is 12.8 Å². The van der Waals surface area contributed by atoms with Crippen molar-refractivity contribution >= 4 is 11.9 Å². The van der Waals surface area contributed by atoms with Crippen molar-refractivity contribution in [3.8, 4) is 0 Å². The van der Waals surface area contributed by atoms with Gasteiger partial charge in [0.1, 0.15) is 6.10 Å². The third kappa shape index (κ3) is 41.2. The van der Waals surface area contributed by atoms with E-state index in [-0.39, 0.29) is 13.2 Å². The third-order valence-electron chi connectivity index (χ3n) is 4.41. The Morgan fingerprint density at radius 2 is 0.833 bits per heavy atom. The van der Waals surface area contributed by atoms with Crippen LogP contribution < -0.4 is 0 Å². The predicted octanol–water partition coefficient (Wildman–Crippen LogP) is 4.76. The van der Waals surface area contributed by atoms with Crippen molar-refractivity contribution < 1.29 is 35.1 Å². The topological polar surface area (TPSA) is 135 Å². The summed E-state index contributed by atoms with van der Waals surface area (Å²) in [5.74, 6) is -1.33. The van der Waals surface area contributed by atoms with Crippen molar-refractivity contribution in [1.29, 1.82) is 0 Å². The first-order valence-corrected chi connectivity index (χ1v) is 11.7. The maximum atomic E-state index is 10.1. The van der Waals surface area contributed by atoms with Crippen molar-refractivity contribution in [2.45, 2.75) is 123 Å². The lowest BCUT2D eigenvalue weighted by Crippen LogP contribution is -2.15. The predicted molar refractivity (Wildman–Crippen MR) is 121 cm³/mol. The van der Waals surface area contributed by atoms with Gasteiger partial charge in [0.15, 0.2) is 0 Å². The Balaban J connectivity index is -0.000000386. The van der Waals surface area contributed by atoms with Crippen LogP contribution in [0, 0.1) is 0 Å². The molecule has 0 spiro atoms. The molecule has 0 radical (unpaired) electrons. The molecule has 0 aliphatic rings. The highest BCUT2D eigenvalue weighted by Crippen LogP contribution is 2.08. The molecule has 0 heterocycles. The number of carboxylic acids is 2. The van der Waals surface area contributed by atoms with Crippen LogP contribution in [0.5, 0.6) is 0 Å². The Morgan fingerprint density at radius 3 is 1.03 bits per heavy atom. The van der Waals surface area contributed by atoms with Crippen LogP contribution in [0.1, 0.15) is 117 Å². The molecule has 0 unspecified atom stereocenters. The first-order valence-electron chi connectivity index (χ1n) is 11.7. The molecule has 0 amide bonds. The van der Waals surface area contributed by atoms with E-state index in [1.54, 1.807) is 0 Å². The smallest absolute Gasteiger partial charge is 0.303 e. The third-order valence-corrected chi connectivity index (χ3v) is 4.41. The van der Waals surface area contributed by atoms with Gasteiger partial charge >= 0.3 is 11.9 Å². The second-order valence-corrected chi connectivity index (χ2v) is 7.55. The highest BCUT2D eigenvalue weighted by atomic mass is 16.4. The molecule has 0 saturated heterocycles. The molecule has 7 heteroatoms. The average Bonchev–Trinajstić information content (AvgIpc) is 2.72. The Bertz CT molecular complexity index is 316. The van der Waals surface area contributed by atoms with E-state index in [4.69, 9.17) is 25.5 Å². The molecule has 30 heavy (non-hydrogen) atoms. The summed E-state index contributed by atoms with van der Waals surface area (Å²) >= 11 is 0. The van der Waals surface area contributed by atoms with Gasteiger partial charge in [0.25, 0.3) is 0 Å². The summed E-state index contributed by atoms with van der Waals surface area (Å²) in [6, 6.07) is 0. The first kappa shape index (κ1) is 33.5. The molecular formula is C23H48O7. The van der Waals surface area contributed by atoms with E-state index in [1.807, 2.05) is 0 Å². The quantitative estimate of drug-likeness (QED) is 0.196. The van der Waals surface area contributed by atoms with Crippen LogP contribution >= 0.6 is 0 Å². The molecule has 0 saturated carbocycles. The van der Waals surface area contributed by atoms with E-state index in [0.717, 1.165) is 25.7 Å². The van der Waals surface area contributed by atoms with Gasteiger partial charge in [0, 0.05) is 12.8 Å². The van der Waals surface area contributed by atoms with Crippen LogP contribution in [0.4, 0.5) is 0 Å². The molecular weight excluding hydrogens is 388 g/mol. The zero-order valence-electron chi connectivity index (χ0n) is 19.4. The van der Waals surface area contributed by atoms with Crippen molar-refractivity contribution in [2.75, 3.05) is 13.2 Å². The minimum Gasteiger partial charge on any atom is -0.481 e. The molecule has 0 aromatic heterocycles. The number of aliphatic carboxylic acids is 2. The summed E-state index contributed by atoms with van der Waals surface area (Å²) in [4.78, 5) is 20.3. The molecule has 0 aromatic carbocycles. The zero-order chi connectivity index (χ0) is 23.5. The maximum Gasteiger partial charge on any atom is 0.303 e. The largest absolute Gasteiger partial charge is 0.481 e. The highest BCUT2D eigenvalue weighted by molar-refractivity contribution is 5.66. The second kappa shape index (κ2) is 30.0. The fraction of sp³-hybridized carbons (Fsp3) is 0.913. The second-order valence-electron chi connectivity index (χ2n) is 7.55. The van der Waals surface area contributed by atoms with Crippen molar-refractivity contribution in [1.82, 2.24) is 0 Å². The Kier molecular flexibility index (Phi) is 33.5. The lowest BCUT2D eigenvalue weighted by atomic mass is 10.1. The molecule has 7 nitrogen and oxygen atoms in total. The van der Waals surface area contributed by atoms with E-state index in [2.05, 4.69) is 13.8 Å². The van der Waals surface area contributed by atoms with Crippen LogP contribution in [-0.2, 0) is 9.59 Å². The number of aliphatic hydroxyl groups excluding tert-OH is 3. The van der Waals surface area contributed by atoms with Gasteiger partial charge in [-0.15, -0.1) is 0 Å². The van der Waals surface area contributed by atoms with Gasteiger partial charge in [-0.1, -0.05) is 90.9 Å². The van der Waals surface area contributed by atoms with Crippen molar-refractivity contribution in [2.24, 2.45) is 0 Å². The van der Waals surface area contributed by atoms with Crippen LogP contribution in [0.3, 0.4) is 0 Å².